The highest BCUT2D eigenvalue weighted by atomic mass is 79.9. The van der Waals surface area contributed by atoms with E-state index in [2.05, 4.69) is 15.9 Å². The highest BCUT2D eigenvalue weighted by molar-refractivity contribution is 9.10. The molecule has 0 aromatic heterocycles. The molecule has 2 rings (SSSR count). The van der Waals surface area contributed by atoms with Crippen molar-refractivity contribution in [1.82, 2.24) is 0 Å². The first kappa shape index (κ1) is 11.6. The van der Waals surface area contributed by atoms with E-state index in [0.717, 1.165) is 4.47 Å². The van der Waals surface area contributed by atoms with Gasteiger partial charge >= 0.3 is 7.60 Å². The molecule has 2 aromatic carbocycles. The first-order valence-corrected chi connectivity index (χ1v) is 6.77. The van der Waals surface area contributed by atoms with Crippen LogP contribution in [0, 0.1) is 0 Å². The molecule has 6 heteroatoms. The Morgan fingerprint density at radius 3 is 2.44 bits per heavy atom. The number of benzene rings is 2. The number of aromatic hydroxyl groups is 1. The molecular weight excluding hydrogens is 295 g/mol. The van der Waals surface area contributed by atoms with Crippen molar-refractivity contribution in [3.63, 3.8) is 0 Å². The molecule has 0 aliphatic carbocycles. The fourth-order valence-corrected chi connectivity index (χ4v) is 2.85. The van der Waals surface area contributed by atoms with Gasteiger partial charge in [-0.05, 0) is 23.6 Å². The molecule has 0 amide bonds. The molecule has 0 fully saturated rings. The Bertz CT molecular complexity index is 605. The largest absolute Gasteiger partial charge is 0.507 e. The third-order valence-electron chi connectivity index (χ3n) is 2.22. The molecular formula is C10H8BrO4P. The SMILES string of the molecule is O=P(O)(O)c1c(O)ccc2cc(Br)ccc12. The van der Waals surface area contributed by atoms with Crippen LogP contribution in [0.4, 0.5) is 0 Å². The van der Waals surface area contributed by atoms with Gasteiger partial charge in [0.2, 0.25) is 0 Å². The van der Waals surface area contributed by atoms with Gasteiger partial charge in [0, 0.05) is 9.86 Å². The molecule has 0 aliphatic rings. The van der Waals surface area contributed by atoms with Gasteiger partial charge in [-0.3, -0.25) is 4.57 Å². The van der Waals surface area contributed by atoms with Gasteiger partial charge in [0.05, 0.1) is 0 Å². The van der Waals surface area contributed by atoms with E-state index in [0.29, 0.717) is 10.8 Å². The van der Waals surface area contributed by atoms with Gasteiger partial charge in [-0.2, -0.15) is 0 Å². The number of halogens is 1. The van der Waals surface area contributed by atoms with Crippen molar-refractivity contribution in [3.8, 4) is 5.75 Å². The molecule has 4 nitrogen and oxygen atoms in total. The molecule has 0 atom stereocenters. The lowest BCUT2D eigenvalue weighted by molar-refractivity contribution is 0.385. The molecule has 0 radical (unpaired) electrons. The van der Waals surface area contributed by atoms with Crippen molar-refractivity contribution in [2.24, 2.45) is 0 Å². The van der Waals surface area contributed by atoms with Gasteiger partial charge in [-0.25, -0.2) is 0 Å². The normalized spacial score (nSPS) is 11.9. The smallest absolute Gasteiger partial charge is 0.360 e. The lowest BCUT2D eigenvalue weighted by Gasteiger charge is -2.10. The van der Waals surface area contributed by atoms with E-state index < -0.39 is 7.60 Å². The molecule has 0 saturated heterocycles. The van der Waals surface area contributed by atoms with Gasteiger partial charge in [0.15, 0.2) is 0 Å². The molecule has 0 saturated carbocycles. The number of hydrogen-bond acceptors (Lipinski definition) is 2. The molecule has 0 heterocycles. The molecule has 0 bridgehead atoms. The zero-order valence-corrected chi connectivity index (χ0v) is 10.4. The van der Waals surface area contributed by atoms with E-state index in [-0.39, 0.29) is 11.1 Å². The summed E-state index contributed by atoms with van der Waals surface area (Å²) in [7, 11) is -4.48. The van der Waals surface area contributed by atoms with E-state index in [1.807, 2.05) is 0 Å². The summed E-state index contributed by atoms with van der Waals surface area (Å²) in [6, 6.07) is 7.85. The van der Waals surface area contributed by atoms with Crippen LogP contribution in [0.5, 0.6) is 5.75 Å². The zero-order chi connectivity index (χ0) is 11.9. The van der Waals surface area contributed by atoms with Crippen molar-refractivity contribution < 1.29 is 19.5 Å². The number of phenolic OH excluding ortho intramolecular Hbond substituents is 1. The molecule has 3 N–H and O–H groups in total. The Balaban J connectivity index is 2.91. The van der Waals surface area contributed by atoms with E-state index >= 15 is 0 Å². The molecule has 0 spiro atoms. The Hall–Kier alpha value is -0.870. The van der Waals surface area contributed by atoms with Gasteiger partial charge in [-0.15, -0.1) is 0 Å². The minimum Gasteiger partial charge on any atom is -0.507 e. The van der Waals surface area contributed by atoms with Crippen LogP contribution in [0.25, 0.3) is 10.8 Å². The summed E-state index contributed by atoms with van der Waals surface area (Å²) in [5.41, 5.74) is 0. The molecule has 2 aromatic rings. The first-order chi connectivity index (χ1) is 7.39. The Kier molecular flexibility index (Phi) is 2.80. The molecule has 0 unspecified atom stereocenters. The minimum absolute atomic E-state index is 0.322. The number of rotatable bonds is 1. The van der Waals surface area contributed by atoms with Crippen LogP contribution in [0.15, 0.2) is 34.8 Å². The quantitative estimate of drug-likeness (QED) is 0.705. The third kappa shape index (κ3) is 1.99. The fourth-order valence-electron chi connectivity index (χ4n) is 1.58. The van der Waals surface area contributed by atoms with Crippen LogP contribution in [-0.2, 0) is 4.57 Å². The summed E-state index contributed by atoms with van der Waals surface area (Å²) >= 11 is 3.27. The average Bonchev–Trinajstić information content (AvgIpc) is 2.16. The highest BCUT2D eigenvalue weighted by Crippen LogP contribution is 2.40. The van der Waals surface area contributed by atoms with Gasteiger partial charge in [0.25, 0.3) is 0 Å². The minimum atomic E-state index is -4.48. The van der Waals surface area contributed by atoms with Crippen LogP contribution in [0.3, 0.4) is 0 Å². The van der Waals surface area contributed by atoms with Crippen LogP contribution in [0.1, 0.15) is 0 Å². The fraction of sp³-hybridized carbons (Fsp3) is 0. The second-order valence-corrected chi connectivity index (χ2v) is 5.79. The van der Waals surface area contributed by atoms with Crippen molar-refractivity contribution in [3.05, 3.63) is 34.8 Å². The maximum Gasteiger partial charge on any atom is 0.360 e. The van der Waals surface area contributed by atoms with Gasteiger partial charge in [-0.1, -0.05) is 28.1 Å². The van der Waals surface area contributed by atoms with Gasteiger partial charge in [0.1, 0.15) is 11.1 Å². The number of hydrogen-bond donors (Lipinski definition) is 3. The van der Waals surface area contributed by atoms with E-state index in [4.69, 9.17) is 0 Å². The summed E-state index contributed by atoms with van der Waals surface area (Å²) in [6.07, 6.45) is 0. The van der Waals surface area contributed by atoms with Crippen LogP contribution in [0.2, 0.25) is 0 Å². The maximum absolute atomic E-state index is 11.3. The van der Waals surface area contributed by atoms with Crippen LogP contribution >= 0.6 is 23.5 Å². The van der Waals surface area contributed by atoms with Crippen LogP contribution < -0.4 is 5.30 Å². The van der Waals surface area contributed by atoms with E-state index in [1.165, 1.54) is 6.07 Å². The number of fused-ring (bicyclic) bond motifs is 1. The van der Waals surface area contributed by atoms with Gasteiger partial charge < -0.3 is 14.9 Å². The monoisotopic (exact) mass is 302 g/mol. The standard InChI is InChI=1S/C10H8BrO4P/c11-7-2-3-8-6(5-7)1-4-9(12)10(8)16(13,14)15/h1-5,12H,(H2,13,14,15). The first-order valence-electron chi connectivity index (χ1n) is 4.37. The lowest BCUT2D eigenvalue weighted by Crippen LogP contribution is -2.06. The Morgan fingerprint density at radius 1 is 1.12 bits per heavy atom. The second kappa shape index (κ2) is 3.86. The predicted molar refractivity (Wildman–Crippen MR) is 65.0 cm³/mol. The van der Waals surface area contributed by atoms with E-state index in [9.17, 15) is 19.5 Å². The molecule has 0 aliphatic heterocycles. The van der Waals surface area contributed by atoms with Crippen molar-refractivity contribution in [1.29, 1.82) is 0 Å². The third-order valence-corrected chi connectivity index (χ3v) is 3.77. The van der Waals surface area contributed by atoms with Crippen molar-refractivity contribution in [2.45, 2.75) is 0 Å². The topological polar surface area (TPSA) is 77.8 Å². The van der Waals surface area contributed by atoms with Crippen molar-refractivity contribution >= 4 is 39.6 Å². The highest BCUT2D eigenvalue weighted by Gasteiger charge is 2.24. The summed E-state index contributed by atoms with van der Waals surface area (Å²) in [5, 5.41) is 10.2. The maximum atomic E-state index is 11.3. The predicted octanol–water partition coefficient (Wildman–Crippen LogP) is 2.11. The number of phenols is 1. The summed E-state index contributed by atoms with van der Waals surface area (Å²) in [5.74, 6) is -0.386. The summed E-state index contributed by atoms with van der Waals surface area (Å²) < 4.78 is 12.1. The second-order valence-electron chi connectivity index (χ2n) is 3.34. The Labute approximate surface area is 99.8 Å². The zero-order valence-electron chi connectivity index (χ0n) is 7.96. The molecule has 84 valence electrons. The Morgan fingerprint density at radius 2 is 1.81 bits per heavy atom. The molecule has 16 heavy (non-hydrogen) atoms. The van der Waals surface area contributed by atoms with Crippen LogP contribution in [-0.4, -0.2) is 14.9 Å². The lowest BCUT2D eigenvalue weighted by atomic mass is 10.1. The van der Waals surface area contributed by atoms with E-state index in [1.54, 1.807) is 24.3 Å². The summed E-state index contributed by atoms with van der Waals surface area (Å²) in [6.45, 7) is 0. The van der Waals surface area contributed by atoms with Crippen molar-refractivity contribution in [2.75, 3.05) is 0 Å². The average molecular weight is 303 g/mol. The summed E-state index contributed by atoms with van der Waals surface area (Å²) in [4.78, 5) is 18.4.